The molecule has 1 heterocycles. The number of halogens is 3. The Hall–Kier alpha value is -3.18. The fourth-order valence-corrected chi connectivity index (χ4v) is 3.91. The Morgan fingerprint density at radius 3 is 2.67 bits per heavy atom. The summed E-state index contributed by atoms with van der Waals surface area (Å²) in [6.07, 6.45) is 1.95. The molecule has 0 spiro atoms. The zero-order chi connectivity index (χ0) is 21.9. The molecule has 2 aromatic rings. The minimum Gasteiger partial charge on any atom is -0.331 e. The molecule has 8 heteroatoms. The molecule has 0 radical (unpaired) electrons. The van der Waals surface area contributed by atoms with Gasteiger partial charge in [0.15, 0.2) is 0 Å². The second kappa shape index (κ2) is 8.67. The number of nitrogens with zero attached hydrogens (tertiary/aromatic N) is 2. The van der Waals surface area contributed by atoms with Crippen molar-refractivity contribution in [2.24, 2.45) is 0 Å². The molecule has 4 nitrogen and oxygen atoms in total. The number of benzene rings is 2. The molecule has 0 saturated carbocycles. The van der Waals surface area contributed by atoms with E-state index in [-0.39, 0.29) is 18.0 Å². The summed E-state index contributed by atoms with van der Waals surface area (Å²) in [5.41, 5.74) is 0.121. The highest BCUT2D eigenvalue weighted by Gasteiger charge is 2.32. The van der Waals surface area contributed by atoms with Crippen LogP contribution in [0.1, 0.15) is 11.1 Å². The van der Waals surface area contributed by atoms with E-state index >= 15 is 0 Å². The number of rotatable bonds is 4. The van der Waals surface area contributed by atoms with Crippen molar-refractivity contribution < 1.29 is 22.8 Å². The Balaban J connectivity index is 1.96. The van der Waals surface area contributed by atoms with Crippen molar-refractivity contribution in [1.29, 1.82) is 0 Å². The molecular formula is C22H17F3N2O2S. The molecule has 1 aliphatic rings. The SMILES string of the molecule is C#CCN(C)C(=O)/C=C1/Sc2ccccc2N(Cc2cccc(C(F)(F)F)c2)C1=O. The molecule has 0 aromatic heterocycles. The van der Waals surface area contributed by atoms with Crippen molar-refractivity contribution in [1.82, 2.24) is 4.90 Å². The number of likely N-dealkylation sites (N-methyl/N-ethyl adjacent to an activating group) is 1. The minimum absolute atomic E-state index is 0.0634. The van der Waals surface area contributed by atoms with E-state index in [1.54, 1.807) is 24.3 Å². The van der Waals surface area contributed by atoms with Gasteiger partial charge in [-0.3, -0.25) is 9.59 Å². The van der Waals surface area contributed by atoms with E-state index < -0.39 is 23.6 Å². The van der Waals surface area contributed by atoms with Crippen LogP contribution in [0.2, 0.25) is 0 Å². The van der Waals surface area contributed by atoms with Crippen molar-refractivity contribution in [3.63, 3.8) is 0 Å². The van der Waals surface area contributed by atoms with E-state index in [0.717, 1.165) is 28.8 Å². The first-order valence-corrected chi connectivity index (χ1v) is 9.67. The van der Waals surface area contributed by atoms with Gasteiger partial charge in [-0.15, -0.1) is 6.42 Å². The predicted octanol–water partition coefficient (Wildman–Crippen LogP) is 4.32. The zero-order valence-electron chi connectivity index (χ0n) is 15.9. The first-order chi connectivity index (χ1) is 14.2. The van der Waals surface area contributed by atoms with Crippen molar-refractivity contribution in [3.05, 3.63) is 70.6 Å². The lowest BCUT2D eigenvalue weighted by molar-refractivity contribution is -0.137. The van der Waals surface area contributed by atoms with Gasteiger partial charge in [0.2, 0.25) is 5.91 Å². The summed E-state index contributed by atoms with van der Waals surface area (Å²) in [6, 6.07) is 11.9. The molecule has 154 valence electrons. The number of alkyl halides is 3. The van der Waals surface area contributed by atoms with E-state index in [9.17, 15) is 22.8 Å². The largest absolute Gasteiger partial charge is 0.416 e. The van der Waals surface area contributed by atoms with Gasteiger partial charge in [-0.25, -0.2) is 0 Å². The van der Waals surface area contributed by atoms with Gasteiger partial charge in [0, 0.05) is 18.0 Å². The topological polar surface area (TPSA) is 40.6 Å². The highest BCUT2D eigenvalue weighted by atomic mass is 32.2. The van der Waals surface area contributed by atoms with Gasteiger partial charge in [-0.05, 0) is 29.8 Å². The fourth-order valence-electron chi connectivity index (χ4n) is 2.88. The molecule has 0 aliphatic carbocycles. The summed E-state index contributed by atoms with van der Waals surface area (Å²) >= 11 is 1.14. The van der Waals surface area contributed by atoms with Gasteiger partial charge in [-0.1, -0.05) is 41.9 Å². The van der Waals surface area contributed by atoms with E-state index in [0.29, 0.717) is 11.3 Å². The number of para-hydroxylation sites is 1. The number of carbonyl (C=O) groups is 2. The molecule has 0 N–H and O–H groups in total. The number of hydrogen-bond acceptors (Lipinski definition) is 3. The lowest BCUT2D eigenvalue weighted by Gasteiger charge is -2.30. The molecule has 30 heavy (non-hydrogen) atoms. The normalized spacial score (nSPS) is 15.0. The number of amides is 2. The molecular weight excluding hydrogens is 413 g/mol. The van der Waals surface area contributed by atoms with Gasteiger partial charge >= 0.3 is 6.18 Å². The van der Waals surface area contributed by atoms with Gasteiger partial charge in [-0.2, -0.15) is 13.2 Å². The molecule has 0 saturated heterocycles. The highest BCUT2D eigenvalue weighted by molar-refractivity contribution is 8.04. The molecule has 0 atom stereocenters. The van der Waals surface area contributed by atoms with E-state index in [1.165, 1.54) is 35.1 Å². The van der Waals surface area contributed by atoms with E-state index in [2.05, 4.69) is 5.92 Å². The number of hydrogen-bond donors (Lipinski definition) is 0. The molecule has 0 unspecified atom stereocenters. The smallest absolute Gasteiger partial charge is 0.331 e. The average molecular weight is 430 g/mol. The van der Waals surface area contributed by atoms with Crippen LogP contribution >= 0.6 is 11.8 Å². The Morgan fingerprint density at radius 2 is 1.97 bits per heavy atom. The zero-order valence-corrected chi connectivity index (χ0v) is 16.8. The van der Waals surface area contributed by atoms with Crippen LogP contribution in [-0.4, -0.2) is 30.3 Å². The summed E-state index contributed by atoms with van der Waals surface area (Å²) in [4.78, 5) is 29.0. The van der Waals surface area contributed by atoms with Crippen LogP contribution < -0.4 is 4.90 Å². The molecule has 0 bridgehead atoms. The number of anilines is 1. The monoisotopic (exact) mass is 430 g/mol. The van der Waals surface area contributed by atoms with Crippen molar-refractivity contribution >= 4 is 29.3 Å². The third-order valence-electron chi connectivity index (χ3n) is 4.39. The second-order valence-electron chi connectivity index (χ2n) is 6.57. The van der Waals surface area contributed by atoms with Gasteiger partial charge in [0.25, 0.3) is 5.91 Å². The molecule has 3 rings (SSSR count). The fraction of sp³-hybridized carbons (Fsp3) is 0.182. The first-order valence-electron chi connectivity index (χ1n) is 8.86. The molecule has 2 amide bonds. The van der Waals surface area contributed by atoms with Crippen LogP contribution in [0.25, 0.3) is 0 Å². The van der Waals surface area contributed by atoms with Crippen LogP contribution in [-0.2, 0) is 22.3 Å². The third-order valence-corrected chi connectivity index (χ3v) is 5.46. The molecule has 0 fully saturated rings. The Morgan fingerprint density at radius 1 is 1.23 bits per heavy atom. The predicted molar refractivity (Wildman–Crippen MR) is 109 cm³/mol. The van der Waals surface area contributed by atoms with Gasteiger partial charge in [0.05, 0.1) is 29.2 Å². The number of thioether (sulfide) groups is 1. The van der Waals surface area contributed by atoms with E-state index in [4.69, 9.17) is 6.42 Å². The quantitative estimate of drug-likeness (QED) is 0.536. The maximum Gasteiger partial charge on any atom is 0.416 e. The molecule has 2 aromatic carbocycles. The van der Waals surface area contributed by atoms with Gasteiger partial charge < -0.3 is 9.80 Å². The van der Waals surface area contributed by atoms with Gasteiger partial charge in [0.1, 0.15) is 0 Å². The summed E-state index contributed by atoms with van der Waals surface area (Å²) in [5.74, 6) is 1.46. The van der Waals surface area contributed by atoms with Crippen LogP contribution in [0.3, 0.4) is 0 Å². The number of terminal acetylenes is 1. The Bertz CT molecular complexity index is 1060. The number of carbonyl (C=O) groups excluding carboxylic acids is 2. The van der Waals surface area contributed by atoms with Crippen molar-refractivity contribution in [3.8, 4) is 12.3 Å². The van der Waals surface area contributed by atoms with Crippen LogP contribution in [0, 0.1) is 12.3 Å². The van der Waals surface area contributed by atoms with Crippen molar-refractivity contribution in [2.75, 3.05) is 18.5 Å². The van der Waals surface area contributed by atoms with E-state index in [1.807, 2.05) is 0 Å². The summed E-state index contributed by atoms with van der Waals surface area (Å²) < 4.78 is 39.2. The third kappa shape index (κ3) is 4.69. The molecule has 1 aliphatic heterocycles. The Labute approximate surface area is 176 Å². The standard InChI is InChI=1S/C22H17F3N2O2S/c1-3-11-26(2)20(28)13-19-21(29)27(17-9-4-5-10-18(17)30-19)14-15-7-6-8-16(12-15)22(23,24)25/h1,4-10,12-13H,11,14H2,2H3/b19-13+. The van der Waals surface area contributed by atoms with Crippen LogP contribution in [0.5, 0.6) is 0 Å². The Kier molecular flexibility index (Phi) is 6.22. The highest BCUT2D eigenvalue weighted by Crippen LogP contribution is 2.42. The second-order valence-corrected chi connectivity index (χ2v) is 7.65. The number of fused-ring (bicyclic) bond motifs is 1. The first kappa shape index (κ1) is 21.5. The maximum absolute atomic E-state index is 13.1. The summed E-state index contributed by atoms with van der Waals surface area (Å²) in [7, 11) is 1.52. The van der Waals surface area contributed by atoms with Crippen LogP contribution in [0.15, 0.2) is 64.4 Å². The lowest BCUT2D eigenvalue weighted by Crippen LogP contribution is -2.35. The summed E-state index contributed by atoms with van der Waals surface area (Å²) in [5, 5.41) is 0. The minimum atomic E-state index is -4.48. The van der Waals surface area contributed by atoms with Crippen LogP contribution in [0.4, 0.5) is 18.9 Å². The van der Waals surface area contributed by atoms with Crippen molar-refractivity contribution in [2.45, 2.75) is 17.6 Å². The maximum atomic E-state index is 13.1. The lowest BCUT2D eigenvalue weighted by atomic mass is 10.1. The average Bonchev–Trinajstić information content (AvgIpc) is 2.70. The summed E-state index contributed by atoms with van der Waals surface area (Å²) in [6.45, 7) is 0.0259.